The Kier molecular flexibility index (Phi) is 3.85. The van der Waals surface area contributed by atoms with Gasteiger partial charge in [-0.3, -0.25) is 9.78 Å². The van der Waals surface area contributed by atoms with Crippen LogP contribution in [0.1, 0.15) is 29.0 Å². The SMILES string of the molecule is Cc1oncc1C(=O)N1CCCC(Oc2ccncc2)C1. The van der Waals surface area contributed by atoms with Gasteiger partial charge in [0.05, 0.1) is 12.7 Å². The lowest BCUT2D eigenvalue weighted by atomic mass is 10.1. The molecule has 3 heterocycles. The molecule has 6 heteroatoms. The second kappa shape index (κ2) is 5.95. The number of aryl methyl sites for hydroxylation is 1. The van der Waals surface area contributed by atoms with Gasteiger partial charge in [0.25, 0.3) is 5.91 Å². The summed E-state index contributed by atoms with van der Waals surface area (Å²) in [7, 11) is 0. The highest BCUT2D eigenvalue weighted by atomic mass is 16.5. The number of hydrogen-bond acceptors (Lipinski definition) is 5. The average molecular weight is 287 g/mol. The van der Waals surface area contributed by atoms with Crippen molar-refractivity contribution in [2.45, 2.75) is 25.9 Å². The summed E-state index contributed by atoms with van der Waals surface area (Å²) in [6.45, 7) is 3.06. The molecule has 1 amide bonds. The summed E-state index contributed by atoms with van der Waals surface area (Å²) in [5, 5.41) is 3.66. The number of nitrogens with zero attached hydrogens (tertiary/aromatic N) is 3. The van der Waals surface area contributed by atoms with E-state index in [4.69, 9.17) is 9.26 Å². The lowest BCUT2D eigenvalue weighted by Gasteiger charge is -2.32. The predicted molar refractivity (Wildman–Crippen MR) is 75.0 cm³/mol. The van der Waals surface area contributed by atoms with Gasteiger partial charge >= 0.3 is 0 Å². The number of carbonyl (C=O) groups is 1. The van der Waals surface area contributed by atoms with E-state index in [0.717, 1.165) is 25.1 Å². The van der Waals surface area contributed by atoms with Crippen LogP contribution in [-0.4, -0.2) is 40.1 Å². The molecule has 0 aliphatic carbocycles. The van der Waals surface area contributed by atoms with Crippen LogP contribution in [0, 0.1) is 6.92 Å². The largest absolute Gasteiger partial charge is 0.488 e. The number of hydrogen-bond donors (Lipinski definition) is 0. The first-order valence-corrected chi connectivity index (χ1v) is 7.01. The number of piperidine rings is 1. The molecule has 1 fully saturated rings. The fourth-order valence-corrected chi connectivity index (χ4v) is 2.50. The monoisotopic (exact) mass is 287 g/mol. The highest BCUT2D eigenvalue weighted by Crippen LogP contribution is 2.20. The van der Waals surface area contributed by atoms with Crippen molar-refractivity contribution in [1.82, 2.24) is 15.0 Å². The van der Waals surface area contributed by atoms with Crippen molar-refractivity contribution in [3.8, 4) is 5.75 Å². The van der Waals surface area contributed by atoms with Crippen LogP contribution >= 0.6 is 0 Å². The van der Waals surface area contributed by atoms with Crippen LogP contribution in [0.2, 0.25) is 0 Å². The van der Waals surface area contributed by atoms with Crippen molar-refractivity contribution in [1.29, 1.82) is 0 Å². The van der Waals surface area contributed by atoms with Gasteiger partial charge in [0, 0.05) is 18.9 Å². The second-order valence-electron chi connectivity index (χ2n) is 5.11. The predicted octanol–water partition coefficient (Wildman–Crippen LogP) is 2.06. The third kappa shape index (κ3) is 3.04. The van der Waals surface area contributed by atoms with Gasteiger partial charge in [0.1, 0.15) is 23.2 Å². The Morgan fingerprint density at radius 2 is 2.24 bits per heavy atom. The van der Waals surface area contributed by atoms with Crippen molar-refractivity contribution in [2.75, 3.05) is 13.1 Å². The second-order valence-corrected chi connectivity index (χ2v) is 5.11. The highest BCUT2D eigenvalue weighted by Gasteiger charge is 2.27. The van der Waals surface area contributed by atoms with Crippen molar-refractivity contribution < 1.29 is 14.1 Å². The lowest BCUT2D eigenvalue weighted by molar-refractivity contribution is 0.0536. The van der Waals surface area contributed by atoms with Gasteiger partial charge in [-0.1, -0.05) is 5.16 Å². The number of likely N-dealkylation sites (tertiary alicyclic amines) is 1. The molecule has 1 aliphatic rings. The van der Waals surface area contributed by atoms with Gasteiger partial charge in [-0.05, 0) is 31.9 Å². The van der Waals surface area contributed by atoms with Crippen LogP contribution in [0.4, 0.5) is 0 Å². The Morgan fingerprint density at radius 3 is 2.95 bits per heavy atom. The number of rotatable bonds is 3. The van der Waals surface area contributed by atoms with Gasteiger partial charge < -0.3 is 14.2 Å². The molecule has 0 radical (unpaired) electrons. The number of ether oxygens (including phenoxy) is 1. The standard InChI is InChI=1S/C15H17N3O3/c1-11-14(9-17-21-11)15(19)18-8-2-3-13(10-18)20-12-4-6-16-7-5-12/h4-7,9,13H,2-3,8,10H2,1H3. The third-order valence-corrected chi connectivity index (χ3v) is 3.60. The summed E-state index contributed by atoms with van der Waals surface area (Å²) < 4.78 is 10.9. The quantitative estimate of drug-likeness (QED) is 0.864. The molecular formula is C15H17N3O3. The Morgan fingerprint density at radius 1 is 1.43 bits per heavy atom. The highest BCUT2D eigenvalue weighted by molar-refractivity contribution is 5.94. The molecule has 2 aromatic rings. The van der Waals surface area contributed by atoms with Crippen molar-refractivity contribution in [2.24, 2.45) is 0 Å². The zero-order valence-corrected chi connectivity index (χ0v) is 11.9. The Labute approximate surface area is 122 Å². The molecule has 2 aromatic heterocycles. The fourth-order valence-electron chi connectivity index (χ4n) is 2.50. The topological polar surface area (TPSA) is 68.5 Å². The van der Waals surface area contributed by atoms with E-state index >= 15 is 0 Å². The normalized spacial score (nSPS) is 18.5. The summed E-state index contributed by atoms with van der Waals surface area (Å²) in [4.78, 5) is 18.2. The van der Waals surface area contributed by atoms with Gasteiger partial charge in [-0.2, -0.15) is 0 Å². The molecular weight excluding hydrogens is 270 g/mol. The minimum Gasteiger partial charge on any atom is -0.488 e. The molecule has 21 heavy (non-hydrogen) atoms. The molecule has 0 spiro atoms. The van der Waals surface area contributed by atoms with Gasteiger partial charge in [-0.25, -0.2) is 0 Å². The van der Waals surface area contributed by atoms with E-state index in [2.05, 4.69) is 10.1 Å². The van der Waals surface area contributed by atoms with Gasteiger partial charge in [0.2, 0.25) is 0 Å². The number of amides is 1. The van der Waals surface area contributed by atoms with Gasteiger partial charge in [-0.15, -0.1) is 0 Å². The number of carbonyl (C=O) groups excluding carboxylic acids is 1. The average Bonchev–Trinajstić information content (AvgIpc) is 2.94. The molecule has 0 saturated carbocycles. The molecule has 1 saturated heterocycles. The van der Waals surface area contributed by atoms with E-state index in [1.807, 2.05) is 12.1 Å². The first-order valence-electron chi connectivity index (χ1n) is 7.01. The first kappa shape index (κ1) is 13.6. The van der Waals surface area contributed by atoms with Crippen LogP contribution in [0.25, 0.3) is 0 Å². The van der Waals surface area contributed by atoms with E-state index in [0.29, 0.717) is 17.9 Å². The molecule has 1 unspecified atom stereocenters. The van der Waals surface area contributed by atoms with Crippen LogP contribution in [-0.2, 0) is 0 Å². The van der Waals surface area contributed by atoms with Crippen LogP contribution in [0.15, 0.2) is 35.2 Å². The Hall–Kier alpha value is -2.37. The van der Waals surface area contributed by atoms with Crippen LogP contribution in [0.5, 0.6) is 5.75 Å². The van der Waals surface area contributed by atoms with E-state index in [-0.39, 0.29) is 12.0 Å². The van der Waals surface area contributed by atoms with E-state index in [1.54, 1.807) is 24.2 Å². The fraction of sp³-hybridized carbons (Fsp3) is 0.400. The zero-order valence-electron chi connectivity index (χ0n) is 11.9. The lowest BCUT2D eigenvalue weighted by Crippen LogP contribution is -2.44. The molecule has 0 aromatic carbocycles. The molecule has 1 aliphatic heterocycles. The molecule has 110 valence electrons. The van der Waals surface area contributed by atoms with Crippen molar-refractivity contribution >= 4 is 5.91 Å². The number of aromatic nitrogens is 2. The molecule has 1 atom stereocenters. The summed E-state index contributed by atoms with van der Waals surface area (Å²) in [5.74, 6) is 1.29. The summed E-state index contributed by atoms with van der Waals surface area (Å²) in [5.41, 5.74) is 0.527. The maximum atomic E-state index is 12.4. The van der Waals surface area contributed by atoms with Crippen molar-refractivity contribution in [3.05, 3.63) is 42.0 Å². The smallest absolute Gasteiger partial charge is 0.259 e. The summed E-state index contributed by atoms with van der Waals surface area (Å²) in [6.07, 6.45) is 6.74. The molecule has 0 bridgehead atoms. The maximum absolute atomic E-state index is 12.4. The minimum absolute atomic E-state index is 0.00488. The number of pyridine rings is 1. The molecule has 6 nitrogen and oxygen atoms in total. The first-order chi connectivity index (χ1) is 10.2. The summed E-state index contributed by atoms with van der Waals surface area (Å²) >= 11 is 0. The van der Waals surface area contributed by atoms with E-state index in [9.17, 15) is 4.79 Å². The Bertz CT molecular complexity index is 612. The van der Waals surface area contributed by atoms with Crippen molar-refractivity contribution in [3.63, 3.8) is 0 Å². The van der Waals surface area contributed by atoms with Crippen LogP contribution in [0.3, 0.4) is 0 Å². The van der Waals surface area contributed by atoms with Gasteiger partial charge in [0.15, 0.2) is 0 Å². The van der Waals surface area contributed by atoms with E-state index in [1.165, 1.54) is 6.20 Å². The Balaban J connectivity index is 1.66. The third-order valence-electron chi connectivity index (χ3n) is 3.60. The van der Waals surface area contributed by atoms with E-state index < -0.39 is 0 Å². The minimum atomic E-state index is -0.0446. The zero-order chi connectivity index (χ0) is 14.7. The molecule has 3 rings (SSSR count). The maximum Gasteiger partial charge on any atom is 0.259 e. The molecule has 0 N–H and O–H groups in total. The van der Waals surface area contributed by atoms with Crippen LogP contribution < -0.4 is 4.74 Å². The summed E-state index contributed by atoms with van der Waals surface area (Å²) in [6, 6.07) is 3.65.